The molecule has 0 fully saturated rings. The maximum atomic E-state index is 4.38. The van der Waals surface area contributed by atoms with Gasteiger partial charge in [0.25, 0.3) is 0 Å². The second kappa shape index (κ2) is 3.21. The largest absolute Gasteiger partial charge is 0.262 e. The van der Waals surface area contributed by atoms with E-state index in [1.807, 2.05) is 12.3 Å². The average Bonchev–Trinajstić information content (AvgIpc) is 2.60. The van der Waals surface area contributed by atoms with Crippen molar-refractivity contribution in [2.45, 2.75) is 26.3 Å². The molecular weight excluding hydrogens is 160 g/mol. The Balaban J connectivity index is 2.57. The summed E-state index contributed by atoms with van der Waals surface area (Å²) in [4.78, 5) is 0. The maximum absolute atomic E-state index is 4.38. The fraction of sp³-hybridized carbons (Fsp3) is 0.364. The van der Waals surface area contributed by atoms with Crippen LogP contribution < -0.4 is 0 Å². The summed E-state index contributed by atoms with van der Waals surface area (Å²) in [6.07, 6.45) is 3.05. The van der Waals surface area contributed by atoms with Gasteiger partial charge in [-0.05, 0) is 19.4 Å². The van der Waals surface area contributed by atoms with Crippen LogP contribution in [0.4, 0.5) is 0 Å². The van der Waals surface area contributed by atoms with E-state index < -0.39 is 0 Å². The molecule has 1 heterocycles. The molecule has 0 aliphatic heterocycles. The minimum Gasteiger partial charge on any atom is -0.262 e. The van der Waals surface area contributed by atoms with Crippen LogP contribution in [0.3, 0.4) is 0 Å². The summed E-state index contributed by atoms with van der Waals surface area (Å²) in [5.74, 6) is 0. The standard InChI is InChI=1S/C11H14N2/c1-3-9(2)13-11-7-5-4-6-10(11)8-12-13/h4-9H,3H2,1-2H3. The van der Waals surface area contributed by atoms with Gasteiger partial charge in [0, 0.05) is 11.4 Å². The number of hydrogen-bond donors (Lipinski definition) is 0. The first-order chi connectivity index (χ1) is 6.33. The second-order valence-corrected chi connectivity index (χ2v) is 3.41. The Bertz CT molecular complexity index is 403. The molecule has 0 radical (unpaired) electrons. The number of nitrogens with zero attached hydrogens (tertiary/aromatic N) is 2. The van der Waals surface area contributed by atoms with Gasteiger partial charge in [-0.2, -0.15) is 5.10 Å². The van der Waals surface area contributed by atoms with Crippen LogP contribution in [0.1, 0.15) is 26.3 Å². The van der Waals surface area contributed by atoms with Crippen LogP contribution in [-0.4, -0.2) is 9.78 Å². The van der Waals surface area contributed by atoms with E-state index in [4.69, 9.17) is 0 Å². The molecule has 2 heteroatoms. The quantitative estimate of drug-likeness (QED) is 0.684. The highest BCUT2D eigenvalue weighted by molar-refractivity contribution is 5.78. The minimum atomic E-state index is 0.486. The normalized spacial score (nSPS) is 13.4. The van der Waals surface area contributed by atoms with Crippen LogP contribution in [0.25, 0.3) is 10.9 Å². The third kappa shape index (κ3) is 1.32. The monoisotopic (exact) mass is 174 g/mol. The smallest absolute Gasteiger partial charge is 0.0685 e. The Morgan fingerprint density at radius 2 is 2.15 bits per heavy atom. The second-order valence-electron chi connectivity index (χ2n) is 3.41. The van der Waals surface area contributed by atoms with E-state index in [0.29, 0.717) is 6.04 Å². The summed E-state index contributed by atoms with van der Waals surface area (Å²) in [6, 6.07) is 8.81. The zero-order valence-electron chi connectivity index (χ0n) is 8.07. The van der Waals surface area contributed by atoms with Gasteiger partial charge in [0.1, 0.15) is 0 Å². The number of hydrogen-bond acceptors (Lipinski definition) is 1. The van der Waals surface area contributed by atoms with Crippen LogP contribution in [0, 0.1) is 0 Å². The Morgan fingerprint density at radius 1 is 1.38 bits per heavy atom. The van der Waals surface area contributed by atoms with E-state index in [1.165, 1.54) is 10.9 Å². The molecule has 0 spiro atoms. The van der Waals surface area contributed by atoms with Gasteiger partial charge in [0.2, 0.25) is 0 Å². The van der Waals surface area contributed by atoms with Crippen molar-refractivity contribution in [1.29, 1.82) is 0 Å². The SMILES string of the molecule is CCC(C)n1ncc2ccccc21. The van der Waals surface area contributed by atoms with E-state index in [9.17, 15) is 0 Å². The van der Waals surface area contributed by atoms with Crippen LogP contribution in [0.2, 0.25) is 0 Å². The van der Waals surface area contributed by atoms with Crippen molar-refractivity contribution in [2.75, 3.05) is 0 Å². The molecule has 0 aliphatic rings. The van der Waals surface area contributed by atoms with E-state index in [2.05, 4.69) is 41.8 Å². The molecule has 2 nitrogen and oxygen atoms in total. The van der Waals surface area contributed by atoms with Gasteiger partial charge in [-0.3, -0.25) is 4.68 Å². The Kier molecular flexibility index (Phi) is 2.05. The zero-order valence-corrected chi connectivity index (χ0v) is 8.07. The van der Waals surface area contributed by atoms with Crippen LogP contribution in [-0.2, 0) is 0 Å². The third-order valence-corrected chi connectivity index (χ3v) is 2.51. The highest BCUT2D eigenvalue weighted by Crippen LogP contribution is 2.18. The van der Waals surface area contributed by atoms with E-state index in [0.717, 1.165) is 6.42 Å². The molecule has 1 aromatic heterocycles. The number of fused-ring (bicyclic) bond motifs is 1. The topological polar surface area (TPSA) is 17.8 Å². The van der Waals surface area contributed by atoms with Crippen molar-refractivity contribution < 1.29 is 0 Å². The van der Waals surface area contributed by atoms with Crippen molar-refractivity contribution in [3.8, 4) is 0 Å². The van der Waals surface area contributed by atoms with Gasteiger partial charge < -0.3 is 0 Å². The summed E-state index contributed by atoms with van der Waals surface area (Å²) in [5, 5.41) is 5.61. The number of para-hydroxylation sites is 1. The molecule has 1 unspecified atom stereocenters. The molecule has 1 atom stereocenters. The van der Waals surface area contributed by atoms with Crippen LogP contribution in [0.15, 0.2) is 30.5 Å². The Morgan fingerprint density at radius 3 is 2.92 bits per heavy atom. The predicted octanol–water partition coefficient (Wildman–Crippen LogP) is 3.01. The lowest BCUT2D eigenvalue weighted by Crippen LogP contribution is -2.04. The number of rotatable bonds is 2. The molecule has 0 saturated carbocycles. The van der Waals surface area contributed by atoms with Crippen molar-refractivity contribution in [1.82, 2.24) is 9.78 Å². The molecule has 0 aliphatic carbocycles. The molecule has 2 rings (SSSR count). The van der Waals surface area contributed by atoms with Gasteiger partial charge in [0.05, 0.1) is 11.7 Å². The lowest BCUT2D eigenvalue weighted by atomic mass is 10.2. The Labute approximate surface area is 78.2 Å². The average molecular weight is 174 g/mol. The first-order valence-electron chi connectivity index (χ1n) is 4.75. The van der Waals surface area contributed by atoms with Crippen molar-refractivity contribution in [2.24, 2.45) is 0 Å². The molecule has 13 heavy (non-hydrogen) atoms. The maximum Gasteiger partial charge on any atom is 0.0685 e. The summed E-state index contributed by atoms with van der Waals surface area (Å²) in [5.41, 5.74) is 1.23. The lowest BCUT2D eigenvalue weighted by Gasteiger charge is -2.09. The highest BCUT2D eigenvalue weighted by atomic mass is 15.3. The van der Waals surface area contributed by atoms with Crippen LogP contribution >= 0.6 is 0 Å². The number of benzene rings is 1. The molecule has 2 aromatic rings. The van der Waals surface area contributed by atoms with Gasteiger partial charge in [-0.15, -0.1) is 0 Å². The van der Waals surface area contributed by atoms with E-state index in [-0.39, 0.29) is 0 Å². The number of aromatic nitrogens is 2. The fourth-order valence-electron chi connectivity index (χ4n) is 1.52. The molecule has 68 valence electrons. The Hall–Kier alpha value is -1.31. The van der Waals surface area contributed by atoms with E-state index >= 15 is 0 Å². The van der Waals surface area contributed by atoms with Crippen molar-refractivity contribution in [3.05, 3.63) is 30.5 Å². The lowest BCUT2D eigenvalue weighted by molar-refractivity contribution is 0.493. The fourth-order valence-corrected chi connectivity index (χ4v) is 1.52. The molecule has 0 saturated heterocycles. The van der Waals surface area contributed by atoms with Gasteiger partial charge in [-0.1, -0.05) is 25.1 Å². The molecule has 0 amide bonds. The van der Waals surface area contributed by atoms with E-state index in [1.54, 1.807) is 0 Å². The van der Waals surface area contributed by atoms with Crippen LogP contribution in [0.5, 0.6) is 0 Å². The van der Waals surface area contributed by atoms with Crippen molar-refractivity contribution in [3.63, 3.8) is 0 Å². The molecule has 1 aromatic carbocycles. The summed E-state index contributed by atoms with van der Waals surface area (Å²) < 4.78 is 2.09. The highest BCUT2D eigenvalue weighted by Gasteiger charge is 2.06. The molecule has 0 bridgehead atoms. The first-order valence-corrected chi connectivity index (χ1v) is 4.75. The van der Waals surface area contributed by atoms with Gasteiger partial charge in [-0.25, -0.2) is 0 Å². The van der Waals surface area contributed by atoms with Gasteiger partial charge in [0.15, 0.2) is 0 Å². The first kappa shape index (κ1) is 8.30. The summed E-state index contributed by atoms with van der Waals surface area (Å²) in [6.45, 7) is 4.38. The van der Waals surface area contributed by atoms with Crippen molar-refractivity contribution >= 4 is 10.9 Å². The molecule has 0 N–H and O–H groups in total. The minimum absolute atomic E-state index is 0.486. The third-order valence-electron chi connectivity index (χ3n) is 2.51. The summed E-state index contributed by atoms with van der Waals surface area (Å²) in [7, 11) is 0. The predicted molar refractivity (Wildman–Crippen MR) is 54.7 cm³/mol. The molecular formula is C11H14N2. The van der Waals surface area contributed by atoms with Gasteiger partial charge >= 0.3 is 0 Å². The zero-order chi connectivity index (χ0) is 9.26. The summed E-state index contributed by atoms with van der Waals surface area (Å²) >= 11 is 0.